The first-order valence-corrected chi connectivity index (χ1v) is 10.9. The molecule has 1 aliphatic heterocycles. The van der Waals surface area contributed by atoms with E-state index in [1.54, 1.807) is 4.90 Å². The van der Waals surface area contributed by atoms with Gasteiger partial charge in [-0.2, -0.15) is 0 Å². The molecule has 0 N–H and O–H groups in total. The van der Waals surface area contributed by atoms with Crippen LogP contribution in [0.5, 0.6) is 0 Å². The molecule has 25 heavy (non-hydrogen) atoms. The summed E-state index contributed by atoms with van der Waals surface area (Å²) >= 11 is 1.46. The molecular weight excluding hydrogens is 360 g/mol. The predicted octanol–water partition coefficient (Wildman–Crippen LogP) is 2.67. The molecule has 2 aromatic heterocycles. The monoisotopic (exact) mass is 382 g/mol. The minimum Gasteiger partial charge on any atom is -0.361 e. The lowest BCUT2D eigenvalue weighted by Gasteiger charge is -2.19. The fraction of sp³-hybridized carbons (Fsp3) is 0.529. The van der Waals surface area contributed by atoms with Crippen LogP contribution in [-0.4, -0.2) is 43.2 Å². The Balaban J connectivity index is 1.65. The third-order valence-corrected chi connectivity index (χ3v) is 7.97. The first-order valence-electron chi connectivity index (χ1n) is 8.33. The number of hydrogen-bond acceptors (Lipinski definition) is 6. The van der Waals surface area contributed by atoms with Crippen LogP contribution in [0.1, 0.15) is 40.0 Å². The van der Waals surface area contributed by atoms with Crippen molar-refractivity contribution in [3.8, 4) is 0 Å². The summed E-state index contributed by atoms with van der Waals surface area (Å²) < 4.78 is 30.2. The highest BCUT2D eigenvalue weighted by atomic mass is 32.2. The Morgan fingerprint density at radius 3 is 2.84 bits per heavy atom. The number of thiophene rings is 1. The van der Waals surface area contributed by atoms with Gasteiger partial charge in [0.1, 0.15) is 5.76 Å². The molecular formula is C17H22N2O4S2. The molecule has 1 amide bonds. The largest absolute Gasteiger partial charge is 0.361 e. The van der Waals surface area contributed by atoms with E-state index in [-0.39, 0.29) is 18.2 Å². The second-order valence-corrected chi connectivity index (χ2v) is 9.63. The molecule has 0 bridgehead atoms. The Labute approximate surface area is 151 Å². The Hall–Kier alpha value is -1.67. The summed E-state index contributed by atoms with van der Waals surface area (Å²) in [6.07, 6.45) is 1.37. The highest BCUT2D eigenvalue weighted by Gasteiger charge is 2.33. The number of carbonyl (C=O) groups is 1. The molecule has 3 rings (SSSR count). The molecule has 1 aliphatic rings. The minimum absolute atomic E-state index is 0.0120. The fourth-order valence-electron chi connectivity index (χ4n) is 3.24. The smallest absolute Gasteiger partial charge is 0.222 e. The van der Waals surface area contributed by atoms with Gasteiger partial charge in [-0.1, -0.05) is 11.2 Å². The maximum absolute atomic E-state index is 12.6. The molecule has 0 radical (unpaired) electrons. The molecule has 0 aliphatic carbocycles. The molecule has 6 nitrogen and oxygen atoms in total. The van der Waals surface area contributed by atoms with Crippen molar-refractivity contribution in [2.45, 2.75) is 38.4 Å². The van der Waals surface area contributed by atoms with Crippen molar-refractivity contribution in [1.29, 1.82) is 0 Å². The van der Waals surface area contributed by atoms with E-state index in [9.17, 15) is 13.2 Å². The summed E-state index contributed by atoms with van der Waals surface area (Å²) in [5.74, 6) is 0.746. The molecule has 1 saturated heterocycles. The zero-order valence-electron chi connectivity index (χ0n) is 14.4. The van der Waals surface area contributed by atoms with Crippen LogP contribution < -0.4 is 0 Å². The zero-order valence-corrected chi connectivity index (χ0v) is 16.0. The van der Waals surface area contributed by atoms with E-state index in [4.69, 9.17) is 4.52 Å². The van der Waals surface area contributed by atoms with Crippen molar-refractivity contribution < 1.29 is 17.7 Å². The van der Waals surface area contributed by atoms with Crippen LogP contribution in [0.15, 0.2) is 22.0 Å². The van der Waals surface area contributed by atoms with Crippen molar-refractivity contribution in [2.24, 2.45) is 0 Å². The van der Waals surface area contributed by atoms with E-state index in [0.29, 0.717) is 25.8 Å². The van der Waals surface area contributed by atoms with Crippen molar-refractivity contribution in [3.63, 3.8) is 0 Å². The van der Waals surface area contributed by atoms with Gasteiger partial charge in [-0.3, -0.25) is 4.79 Å². The van der Waals surface area contributed by atoms with Crippen LogP contribution >= 0.6 is 11.3 Å². The van der Waals surface area contributed by atoms with E-state index in [1.165, 1.54) is 11.3 Å². The Bertz CT molecular complexity index is 821. The van der Waals surface area contributed by atoms with Gasteiger partial charge in [-0.15, -0.1) is 11.3 Å². The number of sulfone groups is 1. The van der Waals surface area contributed by atoms with Gasteiger partial charge in [-0.25, -0.2) is 8.42 Å². The fourth-order valence-corrected chi connectivity index (χ4v) is 6.24. The SMILES string of the molecule is Cc1noc(C)c1CCC(=O)N1CC[C@@H](c2cccs2)S(=O)(=O)CC1. The number of amides is 1. The molecule has 136 valence electrons. The highest BCUT2D eigenvalue weighted by molar-refractivity contribution is 7.91. The van der Waals surface area contributed by atoms with Crippen molar-refractivity contribution >= 4 is 27.1 Å². The Morgan fingerprint density at radius 2 is 2.20 bits per heavy atom. The number of hydrogen-bond donors (Lipinski definition) is 0. The van der Waals surface area contributed by atoms with Crippen LogP contribution in [0.25, 0.3) is 0 Å². The van der Waals surface area contributed by atoms with Gasteiger partial charge in [0.25, 0.3) is 0 Å². The number of rotatable bonds is 4. The number of carbonyl (C=O) groups excluding carboxylic acids is 1. The second kappa shape index (κ2) is 7.29. The van der Waals surface area contributed by atoms with E-state index < -0.39 is 15.1 Å². The lowest BCUT2D eigenvalue weighted by Crippen LogP contribution is -2.33. The topological polar surface area (TPSA) is 80.5 Å². The number of nitrogens with zero attached hydrogens (tertiary/aromatic N) is 2. The molecule has 1 fully saturated rings. The van der Waals surface area contributed by atoms with Crippen molar-refractivity contribution in [2.75, 3.05) is 18.8 Å². The van der Waals surface area contributed by atoms with Gasteiger partial charge in [0.15, 0.2) is 9.84 Å². The second-order valence-electron chi connectivity index (χ2n) is 6.34. The lowest BCUT2D eigenvalue weighted by molar-refractivity contribution is -0.130. The van der Waals surface area contributed by atoms with Gasteiger partial charge < -0.3 is 9.42 Å². The van der Waals surface area contributed by atoms with Crippen LogP contribution in [0.4, 0.5) is 0 Å². The number of aryl methyl sites for hydroxylation is 2. The predicted molar refractivity (Wildman–Crippen MR) is 96.3 cm³/mol. The van der Waals surface area contributed by atoms with E-state index >= 15 is 0 Å². The Morgan fingerprint density at radius 1 is 1.40 bits per heavy atom. The molecule has 3 heterocycles. The zero-order chi connectivity index (χ0) is 18.0. The molecule has 0 spiro atoms. The average Bonchev–Trinajstić information content (AvgIpc) is 3.15. The first kappa shape index (κ1) is 18.1. The summed E-state index contributed by atoms with van der Waals surface area (Å²) in [6.45, 7) is 4.44. The standard InChI is InChI=1S/C17H22N2O4S2/c1-12-14(13(2)23-18-12)5-6-17(20)19-8-7-16(15-4-3-10-24-15)25(21,22)11-9-19/h3-4,10,16H,5-9,11H2,1-2H3/t16-/m0/s1. The van der Waals surface area contributed by atoms with E-state index in [0.717, 1.165) is 21.9 Å². The Kier molecular flexibility index (Phi) is 5.29. The van der Waals surface area contributed by atoms with Gasteiger partial charge in [0, 0.05) is 30.0 Å². The van der Waals surface area contributed by atoms with Gasteiger partial charge in [0.05, 0.1) is 16.7 Å². The third kappa shape index (κ3) is 3.95. The summed E-state index contributed by atoms with van der Waals surface area (Å²) in [4.78, 5) is 15.1. The van der Waals surface area contributed by atoms with Gasteiger partial charge in [-0.05, 0) is 38.1 Å². The summed E-state index contributed by atoms with van der Waals surface area (Å²) in [7, 11) is -3.23. The van der Waals surface area contributed by atoms with E-state index in [2.05, 4.69) is 5.16 Å². The summed E-state index contributed by atoms with van der Waals surface area (Å²) in [5.41, 5.74) is 1.77. The minimum atomic E-state index is -3.23. The van der Waals surface area contributed by atoms with Gasteiger partial charge >= 0.3 is 0 Å². The first-order chi connectivity index (χ1) is 11.9. The normalized spacial score (nSPS) is 20.4. The van der Waals surface area contributed by atoms with Crippen LogP contribution in [-0.2, 0) is 21.1 Å². The average molecular weight is 383 g/mol. The molecule has 0 unspecified atom stereocenters. The molecule has 0 saturated carbocycles. The lowest BCUT2D eigenvalue weighted by atomic mass is 10.1. The van der Waals surface area contributed by atoms with Gasteiger partial charge in [0.2, 0.25) is 5.91 Å². The third-order valence-electron chi connectivity index (χ3n) is 4.72. The highest BCUT2D eigenvalue weighted by Crippen LogP contribution is 2.32. The van der Waals surface area contributed by atoms with E-state index in [1.807, 2.05) is 31.4 Å². The molecule has 2 aromatic rings. The maximum atomic E-state index is 12.6. The summed E-state index contributed by atoms with van der Waals surface area (Å²) in [6, 6.07) is 3.73. The van der Waals surface area contributed by atoms with Crippen LogP contribution in [0.2, 0.25) is 0 Å². The summed E-state index contributed by atoms with van der Waals surface area (Å²) in [5, 5.41) is 5.30. The van der Waals surface area contributed by atoms with Crippen molar-refractivity contribution in [3.05, 3.63) is 39.4 Å². The quantitative estimate of drug-likeness (QED) is 0.812. The molecule has 0 aromatic carbocycles. The van der Waals surface area contributed by atoms with Crippen molar-refractivity contribution in [1.82, 2.24) is 10.1 Å². The molecule has 8 heteroatoms. The number of aromatic nitrogens is 1. The molecule has 1 atom stereocenters. The maximum Gasteiger partial charge on any atom is 0.222 e. The van der Waals surface area contributed by atoms with Crippen LogP contribution in [0, 0.1) is 13.8 Å². The van der Waals surface area contributed by atoms with Crippen LogP contribution in [0.3, 0.4) is 0 Å².